The molecule has 0 saturated carbocycles. The van der Waals surface area contributed by atoms with Gasteiger partial charge in [-0.15, -0.1) is 0 Å². The second-order valence-corrected chi connectivity index (χ2v) is 9.74. The van der Waals surface area contributed by atoms with Gasteiger partial charge in [0.15, 0.2) is 5.82 Å². The number of nitrogens with one attached hydrogen (secondary N) is 3. The first-order valence-electron chi connectivity index (χ1n) is 12.7. The number of imidazole rings is 1. The number of benzene rings is 3. The molecule has 8 heteroatoms. The molecular formula is C31H28FN5O2. The Bertz CT molecular complexity index is 1660. The third-order valence-corrected chi connectivity index (χ3v) is 6.45. The van der Waals surface area contributed by atoms with E-state index in [1.165, 1.54) is 12.1 Å². The Kier molecular flexibility index (Phi) is 7.19. The molecule has 0 saturated heterocycles. The molecule has 5 aromatic rings. The second kappa shape index (κ2) is 10.9. The molecule has 0 unspecified atom stereocenters. The maximum absolute atomic E-state index is 13.3. The Morgan fingerprint density at radius 2 is 1.64 bits per heavy atom. The minimum absolute atomic E-state index is 0.165. The van der Waals surface area contributed by atoms with Crippen LogP contribution in [0.4, 0.5) is 10.1 Å². The van der Waals surface area contributed by atoms with Crippen molar-refractivity contribution in [2.24, 2.45) is 5.92 Å². The number of nitrogens with zero attached hydrogens (tertiary/aromatic N) is 2. The number of pyridine rings is 1. The quantitative estimate of drug-likeness (QED) is 0.227. The van der Waals surface area contributed by atoms with Crippen LogP contribution in [0.3, 0.4) is 0 Å². The third kappa shape index (κ3) is 5.85. The minimum atomic E-state index is -0.355. The average molecular weight is 522 g/mol. The highest BCUT2D eigenvalue weighted by Gasteiger charge is 2.17. The molecule has 0 bridgehead atoms. The zero-order valence-corrected chi connectivity index (χ0v) is 21.8. The lowest BCUT2D eigenvalue weighted by atomic mass is 10.0. The Labute approximate surface area is 225 Å². The molecule has 2 amide bonds. The Morgan fingerprint density at radius 1 is 0.897 bits per heavy atom. The number of hydrogen-bond acceptors (Lipinski definition) is 4. The van der Waals surface area contributed by atoms with Gasteiger partial charge in [-0.1, -0.05) is 50.2 Å². The van der Waals surface area contributed by atoms with Crippen LogP contribution < -0.4 is 10.6 Å². The van der Waals surface area contributed by atoms with Gasteiger partial charge in [-0.05, 0) is 54.3 Å². The van der Waals surface area contributed by atoms with Crippen molar-refractivity contribution in [1.82, 2.24) is 20.3 Å². The van der Waals surface area contributed by atoms with E-state index in [0.717, 1.165) is 16.3 Å². The molecule has 0 aliphatic carbocycles. The highest BCUT2D eigenvalue weighted by Crippen LogP contribution is 2.27. The monoisotopic (exact) mass is 521 g/mol. The summed E-state index contributed by atoms with van der Waals surface area (Å²) in [5.41, 5.74) is 3.55. The molecule has 196 valence electrons. The first kappa shape index (κ1) is 25.8. The number of H-pyrrole nitrogens is 1. The van der Waals surface area contributed by atoms with Crippen LogP contribution in [0.25, 0.3) is 33.5 Å². The average Bonchev–Trinajstić information content (AvgIpc) is 3.43. The molecule has 0 radical (unpaired) electrons. The second-order valence-electron chi connectivity index (χ2n) is 9.74. The van der Waals surface area contributed by atoms with Gasteiger partial charge in [0.05, 0.1) is 11.7 Å². The third-order valence-electron chi connectivity index (χ3n) is 6.45. The summed E-state index contributed by atoms with van der Waals surface area (Å²) >= 11 is 0. The summed E-state index contributed by atoms with van der Waals surface area (Å²) in [4.78, 5) is 38.2. The summed E-state index contributed by atoms with van der Waals surface area (Å²) < 4.78 is 13.3. The van der Waals surface area contributed by atoms with Gasteiger partial charge in [-0.2, -0.15) is 0 Å². The molecule has 1 atom stereocenters. The van der Waals surface area contributed by atoms with Gasteiger partial charge >= 0.3 is 0 Å². The molecule has 7 nitrogen and oxygen atoms in total. The number of aromatic amines is 1. The summed E-state index contributed by atoms with van der Waals surface area (Å²) in [6.07, 6.45) is 3.55. The molecule has 0 aliphatic rings. The molecular weight excluding hydrogens is 493 g/mol. The van der Waals surface area contributed by atoms with Crippen LogP contribution in [0.5, 0.6) is 0 Å². The van der Waals surface area contributed by atoms with E-state index in [2.05, 4.69) is 20.6 Å². The highest BCUT2D eigenvalue weighted by molar-refractivity contribution is 5.99. The van der Waals surface area contributed by atoms with Crippen molar-refractivity contribution in [3.05, 3.63) is 102 Å². The van der Waals surface area contributed by atoms with Gasteiger partial charge in [0.1, 0.15) is 11.5 Å². The van der Waals surface area contributed by atoms with Crippen molar-refractivity contribution in [2.45, 2.75) is 26.8 Å². The molecule has 0 fully saturated rings. The van der Waals surface area contributed by atoms with E-state index in [-0.39, 0.29) is 29.6 Å². The molecule has 3 N–H and O–H groups in total. The van der Waals surface area contributed by atoms with Crippen LogP contribution in [0, 0.1) is 11.7 Å². The summed E-state index contributed by atoms with van der Waals surface area (Å²) in [6.45, 7) is 5.43. The predicted octanol–water partition coefficient (Wildman–Crippen LogP) is 6.52. The fourth-order valence-electron chi connectivity index (χ4n) is 4.19. The minimum Gasteiger partial charge on any atom is -0.346 e. The zero-order chi connectivity index (χ0) is 27.5. The van der Waals surface area contributed by atoms with Gasteiger partial charge in [0, 0.05) is 40.5 Å². The van der Waals surface area contributed by atoms with Gasteiger partial charge in [0.25, 0.3) is 5.91 Å². The molecule has 39 heavy (non-hydrogen) atoms. The molecule has 5 rings (SSSR count). The van der Waals surface area contributed by atoms with Crippen LogP contribution in [0.2, 0.25) is 0 Å². The first-order chi connectivity index (χ1) is 18.8. The van der Waals surface area contributed by atoms with Crippen molar-refractivity contribution >= 4 is 28.3 Å². The lowest BCUT2D eigenvalue weighted by Gasteiger charge is -2.16. The van der Waals surface area contributed by atoms with E-state index in [1.54, 1.807) is 56.6 Å². The van der Waals surface area contributed by atoms with Crippen LogP contribution in [0.1, 0.15) is 42.7 Å². The number of carbonyl (C=O) groups is 2. The van der Waals surface area contributed by atoms with Crippen molar-refractivity contribution in [3.63, 3.8) is 0 Å². The molecule has 3 aromatic carbocycles. The van der Waals surface area contributed by atoms with Crippen molar-refractivity contribution in [3.8, 4) is 22.8 Å². The topological polar surface area (TPSA) is 99.8 Å². The maximum atomic E-state index is 13.3. The lowest BCUT2D eigenvalue weighted by molar-refractivity contribution is -0.118. The van der Waals surface area contributed by atoms with E-state index in [1.807, 2.05) is 37.3 Å². The summed E-state index contributed by atoms with van der Waals surface area (Å²) in [5, 5.41) is 7.92. The SMILES string of the molecule is CC(C)C(=O)Nc1cc(C(=O)N[C@@H](C)c2ccc(F)cc2)cc(-c2c[nH]c(-c3cc4ccccc4cn3)n2)c1. The van der Waals surface area contributed by atoms with Crippen LogP contribution in [-0.4, -0.2) is 26.8 Å². The zero-order valence-electron chi connectivity index (χ0n) is 21.8. The maximum Gasteiger partial charge on any atom is 0.251 e. The van der Waals surface area contributed by atoms with Crippen molar-refractivity contribution in [1.29, 1.82) is 0 Å². The molecule has 0 aliphatic heterocycles. The smallest absolute Gasteiger partial charge is 0.251 e. The number of rotatable bonds is 7. The first-order valence-corrected chi connectivity index (χ1v) is 12.7. The number of carbonyl (C=O) groups excluding carboxylic acids is 2. The number of halogens is 1. The van der Waals surface area contributed by atoms with Gasteiger partial charge < -0.3 is 15.6 Å². The van der Waals surface area contributed by atoms with Gasteiger partial charge in [-0.25, -0.2) is 9.37 Å². The number of anilines is 1. The van der Waals surface area contributed by atoms with E-state index in [9.17, 15) is 14.0 Å². The fourth-order valence-corrected chi connectivity index (χ4v) is 4.19. The van der Waals surface area contributed by atoms with E-state index in [0.29, 0.717) is 34.0 Å². The van der Waals surface area contributed by atoms with E-state index in [4.69, 9.17) is 4.98 Å². The van der Waals surface area contributed by atoms with E-state index >= 15 is 0 Å². The normalized spacial score (nSPS) is 11.9. The standard InChI is InChI=1S/C31H28FN5O2/c1-18(2)30(38)36-26-13-23(12-24(14-26)31(39)35-19(3)20-8-10-25(32)11-9-20)28-17-34-29(37-28)27-15-21-6-4-5-7-22(21)16-33-27/h4-19H,1-3H3,(H,34,37)(H,35,39)(H,36,38)/t19-/m0/s1. The van der Waals surface area contributed by atoms with Crippen LogP contribution in [0.15, 0.2) is 85.2 Å². The van der Waals surface area contributed by atoms with Gasteiger partial charge in [0.2, 0.25) is 5.91 Å². The number of fused-ring (bicyclic) bond motifs is 1. The lowest BCUT2D eigenvalue weighted by Crippen LogP contribution is -2.27. The summed E-state index contributed by atoms with van der Waals surface area (Å²) in [7, 11) is 0. The van der Waals surface area contributed by atoms with Crippen molar-refractivity contribution < 1.29 is 14.0 Å². The van der Waals surface area contributed by atoms with Crippen molar-refractivity contribution in [2.75, 3.05) is 5.32 Å². The predicted molar refractivity (Wildman–Crippen MR) is 151 cm³/mol. The number of aromatic nitrogens is 3. The molecule has 2 aromatic heterocycles. The Hall–Kier alpha value is -4.85. The molecule has 0 spiro atoms. The van der Waals surface area contributed by atoms with Gasteiger partial charge in [-0.3, -0.25) is 14.6 Å². The van der Waals surface area contributed by atoms with Crippen LogP contribution >= 0.6 is 0 Å². The highest BCUT2D eigenvalue weighted by atomic mass is 19.1. The Balaban J connectivity index is 1.47. The summed E-state index contributed by atoms with van der Waals surface area (Å²) in [6, 6.07) is 20.7. The largest absolute Gasteiger partial charge is 0.346 e. The number of amides is 2. The fraction of sp³-hybridized carbons (Fsp3) is 0.161. The number of hydrogen-bond donors (Lipinski definition) is 3. The Morgan fingerprint density at radius 3 is 2.38 bits per heavy atom. The van der Waals surface area contributed by atoms with Crippen LogP contribution in [-0.2, 0) is 4.79 Å². The van der Waals surface area contributed by atoms with E-state index < -0.39 is 0 Å². The molecule has 2 heterocycles. The summed E-state index contributed by atoms with van der Waals surface area (Å²) in [5.74, 6) is -0.488.